The molecule has 0 saturated heterocycles. The predicted octanol–water partition coefficient (Wildman–Crippen LogP) is 2.99. The molecule has 1 atom stereocenters. The van der Waals surface area contributed by atoms with Gasteiger partial charge < -0.3 is 5.32 Å². The Labute approximate surface area is 99.2 Å². The minimum atomic E-state index is 0.403. The first kappa shape index (κ1) is 13.2. The second kappa shape index (κ2) is 6.69. The maximum atomic E-state index is 4.43. The van der Waals surface area contributed by atoms with Crippen LogP contribution < -0.4 is 5.32 Å². The molecule has 0 aliphatic carbocycles. The van der Waals surface area contributed by atoms with Crippen molar-refractivity contribution in [2.45, 2.75) is 53.1 Å². The van der Waals surface area contributed by atoms with E-state index in [1.54, 1.807) is 0 Å². The number of aromatic nitrogens is 2. The van der Waals surface area contributed by atoms with E-state index in [-0.39, 0.29) is 0 Å². The van der Waals surface area contributed by atoms with Gasteiger partial charge in [-0.1, -0.05) is 33.6 Å². The van der Waals surface area contributed by atoms with Gasteiger partial charge in [-0.2, -0.15) is 5.10 Å². The highest BCUT2D eigenvalue weighted by atomic mass is 15.3. The Morgan fingerprint density at radius 1 is 1.31 bits per heavy atom. The highest BCUT2D eigenvalue weighted by molar-refractivity contribution is 5.09. The average Bonchev–Trinajstić information content (AvgIpc) is 2.74. The molecule has 3 heteroatoms. The van der Waals surface area contributed by atoms with Crippen LogP contribution in [0, 0.1) is 5.92 Å². The van der Waals surface area contributed by atoms with Crippen molar-refractivity contribution in [1.29, 1.82) is 0 Å². The van der Waals surface area contributed by atoms with Crippen LogP contribution in [0.25, 0.3) is 0 Å². The fourth-order valence-corrected chi connectivity index (χ4v) is 1.94. The zero-order chi connectivity index (χ0) is 12.0. The smallest absolute Gasteiger partial charge is 0.0537 e. The topological polar surface area (TPSA) is 29.9 Å². The largest absolute Gasteiger partial charge is 0.310 e. The summed E-state index contributed by atoms with van der Waals surface area (Å²) in [6.45, 7) is 10.9. The Hall–Kier alpha value is -0.830. The van der Waals surface area contributed by atoms with Gasteiger partial charge in [0.25, 0.3) is 0 Å². The van der Waals surface area contributed by atoms with E-state index >= 15 is 0 Å². The standard InChI is InChI=1S/C13H25N3/c1-5-12(6-2)9-16-10-13(8-15-16)11(4)14-7-3/h8,10-12,14H,5-7,9H2,1-4H3. The third kappa shape index (κ3) is 3.63. The van der Waals surface area contributed by atoms with Crippen LogP contribution in [0.15, 0.2) is 12.4 Å². The Balaban J connectivity index is 2.57. The fourth-order valence-electron chi connectivity index (χ4n) is 1.94. The van der Waals surface area contributed by atoms with Gasteiger partial charge in [0.1, 0.15) is 0 Å². The van der Waals surface area contributed by atoms with Crippen LogP contribution in [0.3, 0.4) is 0 Å². The summed E-state index contributed by atoms with van der Waals surface area (Å²) in [4.78, 5) is 0. The Kier molecular flexibility index (Phi) is 5.53. The third-order valence-electron chi connectivity index (χ3n) is 3.26. The van der Waals surface area contributed by atoms with Gasteiger partial charge in [-0.3, -0.25) is 4.68 Å². The van der Waals surface area contributed by atoms with E-state index in [1.165, 1.54) is 18.4 Å². The van der Waals surface area contributed by atoms with Crippen LogP contribution in [0.2, 0.25) is 0 Å². The first-order valence-corrected chi connectivity index (χ1v) is 6.46. The van der Waals surface area contributed by atoms with E-state index in [1.807, 2.05) is 6.20 Å². The Morgan fingerprint density at radius 2 is 2.00 bits per heavy atom. The second-order valence-corrected chi connectivity index (χ2v) is 4.46. The molecule has 0 aromatic carbocycles. The first-order valence-electron chi connectivity index (χ1n) is 6.46. The summed E-state index contributed by atoms with van der Waals surface area (Å²) in [6.07, 6.45) is 6.62. The maximum absolute atomic E-state index is 4.43. The van der Waals surface area contributed by atoms with Crippen LogP contribution >= 0.6 is 0 Å². The van der Waals surface area contributed by atoms with Crippen molar-refractivity contribution in [3.8, 4) is 0 Å². The maximum Gasteiger partial charge on any atom is 0.0537 e. The number of nitrogens with one attached hydrogen (secondary N) is 1. The molecule has 1 rings (SSSR count). The Bertz CT molecular complexity index is 289. The molecule has 16 heavy (non-hydrogen) atoms. The van der Waals surface area contributed by atoms with Crippen molar-refractivity contribution < 1.29 is 0 Å². The molecule has 0 fully saturated rings. The van der Waals surface area contributed by atoms with Crippen molar-refractivity contribution in [2.24, 2.45) is 5.92 Å². The summed E-state index contributed by atoms with van der Waals surface area (Å²) in [5.74, 6) is 0.752. The molecule has 0 saturated carbocycles. The quantitative estimate of drug-likeness (QED) is 0.770. The van der Waals surface area contributed by atoms with Crippen LogP contribution in [0.1, 0.15) is 52.1 Å². The summed E-state index contributed by atoms with van der Waals surface area (Å²) in [6, 6.07) is 0.403. The summed E-state index contributed by atoms with van der Waals surface area (Å²) in [7, 11) is 0. The molecular formula is C13H25N3. The van der Waals surface area contributed by atoms with E-state index in [0.29, 0.717) is 6.04 Å². The lowest BCUT2D eigenvalue weighted by Crippen LogP contribution is -2.17. The van der Waals surface area contributed by atoms with Gasteiger partial charge in [0.15, 0.2) is 0 Å². The highest BCUT2D eigenvalue weighted by Gasteiger charge is 2.09. The lowest BCUT2D eigenvalue weighted by Gasteiger charge is -2.12. The van der Waals surface area contributed by atoms with Gasteiger partial charge in [-0.15, -0.1) is 0 Å². The van der Waals surface area contributed by atoms with Crippen molar-refractivity contribution in [1.82, 2.24) is 15.1 Å². The number of rotatable bonds is 7. The second-order valence-electron chi connectivity index (χ2n) is 4.46. The number of nitrogens with zero attached hydrogens (tertiary/aromatic N) is 2. The van der Waals surface area contributed by atoms with Gasteiger partial charge in [0.2, 0.25) is 0 Å². The van der Waals surface area contributed by atoms with E-state index in [2.05, 4.69) is 49.0 Å². The van der Waals surface area contributed by atoms with Gasteiger partial charge in [-0.25, -0.2) is 0 Å². The predicted molar refractivity (Wildman–Crippen MR) is 68.4 cm³/mol. The van der Waals surface area contributed by atoms with Crippen molar-refractivity contribution >= 4 is 0 Å². The van der Waals surface area contributed by atoms with Crippen molar-refractivity contribution in [3.05, 3.63) is 18.0 Å². The van der Waals surface area contributed by atoms with Crippen LogP contribution in [0.4, 0.5) is 0 Å². The molecule has 0 radical (unpaired) electrons. The lowest BCUT2D eigenvalue weighted by atomic mass is 10.0. The van der Waals surface area contributed by atoms with Gasteiger partial charge in [0, 0.05) is 24.3 Å². The molecule has 0 spiro atoms. The number of hydrogen-bond donors (Lipinski definition) is 1. The summed E-state index contributed by atoms with van der Waals surface area (Å²) in [5, 5.41) is 7.83. The SMILES string of the molecule is CCNC(C)c1cnn(CC(CC)CC)c1. The van der Waals surface area contributed by atoms with E-state index < -0.39 is 0 Å². The summed E-state index contributed by atoms with van der Waals surface area (Å²) < 4.78 is 2.08. The molecule has 0 aliphatic heterocycles. The van der Waals surface area contributed by atoms with Gasteiger partial charge >= 0.3 is 0 Å². The molecular weight excluding hydrogens is 198 g/mol. The molecule has 1 unspecified atom stereocenters. The molecule has 1 N–H and O–H groups in total. The molecule has 1 aromatic rings. The van der Waals surface area contributed by atoms with E-state index in [4.69, 9.17) is 0 Å². The van der Waals surface area contributed by atoms with Gasteiger partial charge in [-0.05, 0) is 19.4 Å². The van der Waals surface area contributed by atoms with Gasteiger partial charge in [0.05, 0.1) is 6.20 Å². The van der Waals surface area contributed by atoms with E-state index in [0.717, 1.165) is 19.0 Å². The molecule has 1 aromatic heterocycles. The first-order chi connectivity index (χ1) is 7.71. The summed E-state index contributed by atoms with van der Waals surface area (Å²) in [5.41, 5.74) is 1.29. The van der Waals surface area contributed by atoms with Crippen molar-refractivity contribution in [2.75, 3.05) is 6.54 Å². The Morgan fingerprint density at radius 3 is 2.56 bits per heavy atom. The summed E-state index contributed by atoms with van der Waals surface area (Å²) >= 11 is 0. The van der Waals surface area contributed by atoms with Crippen molar-refractivity contribution in [3.63, 3.8) is 0 Å². The zero-order valence-corrected chi connectivity index (χ0v) is 11.0. The van der Waals surface area contributed by atoms with Crippen LogP contribution in [-0.2, 0) is 6.54 Å². The molecule has 0 amide bonds. The molecule has 3 nitrogen and oxygen atoms in total. The molecule has 0 bridgehead atoms. The molecule has 1 heterocycles. The highest BCUT2D eigenvalue weighted by Crippen LogP contribution is 2.14. The monoisotopic (exact) mass is 223 g/mol. The minimum absolute atomic E-state index is 0.403. The van der Waals surface area contributed by atoms with Crippen LogP contribution in [0.5, 0.6) is 0 Å². The van der Waals surface area contributed by atoms with Crippen LogP contribution in [-0.4, -0.2) is 16.3 Å². The minimum Gasteiger partial charge on any atom is -0.310 e. The van der Waals surface area contributed by atoms with E-state index in [9.17, 15) is 0 Å². The normalized spacial score (nSPS) is 13.3. The third-order valence-corrected chi connectivity index (χ3v) is 3.26. The fraction of sp³-hybridized carbons (Fsp3) is 0.769. The zero-order valence-electron chi connectivity index (χ0n) is 11.0. The number of hydrogen-bond acceptors (Lipinski definition) is 2. The molecule has 0 aliphatic rings. The molecule has 92 valence electrons. The average molecular weight is 223 g/mol. The lowest BCUT2D eigenvalue weighted by molar-refractivity contribution is 0.395.